The summed E-state index contributed by atoms with van der Waals surface area (Å²) in [5, 5.41) is 14.7. The van der Waals surface area contributed by atoms with Gasteiger partial charge in [0.05, 0.1) is 7.11 Å². The Morgan fingerprint density at radius 2 is 0.820 bits per heavy atom. The molecule has 1 N–H and O–H groups in total. The van der Waals surface area contributed by atoms with Crippen LogP contribution in [0.5, 0.6) is 11.5 Å². The van der Waals surface area contributed by atoms with E-state index in [2.05, 4.69) is 168 Å². The van der Waals surface area contributed by atoms with Gasteiger partial charge >= 0.3 is 5.97 Å². The molecule has 0 aliphatic rings. The number of benzene rings is 6. The Labute approximate surface area is 366 Å². The summed E-state index contributed by atoms with van der Waals surface area (Å²) >= 11 is 0. The Bertz CT molecular complexity index is 2090. The van der Waals surface area contributed by atoms with E-state index in [1.165, 1.54) is 39.0 Å². The van der Waals surface area contributed by atoms with E-state index in [0.717, 1.165) is 25.7 Å². The minimum absolute atomic E-state index is 0.00818. The second kappa shape index (κ2) is 22.0. The van der Waals surface area contributed by atoms with E-state index in [1.807, 2.05) is 36.4 Å². The minimum Gasteiger partial charge on any atom is -0.508 e. The highest BCUT2D eigenvalue weighted by Crippen LogP contribution is 2.38. The van der Waals surface area contributed by atoms with E-state index < -0.39 is 16.6 Å². The molecule has 6 rings (SSSR count). The highest BCUT2D eigenvalue weighted by atomic mass is 28.4. The van der Waals surface area contributed by atoms with Gasteiger partial charge in [-0.3, -0.25) is 0 Å². The average molecular weight is 853 g/mol. The number of aryl methyl sites for hydroxylation is 2. The Kier molecular flexibility index (Phi) is 16.9. The molecule has 8 heteroatoms. The molecule has 0 aliphatic heterocycles. The molecule has 0 unspecified atom stereocenters. The van der Waals surface area contributed by atoms with Crippen LogP contribution in [-0.2, 0) is 31.2 Å². The third kappa shape index (κ3) is 12.2. The van der Waals surface area contributed by atoms with Gasteiger partial charge in [0.2, 0.25) is 0 Å². The maximum atomic E-state index is 11.2. The van der Waals surface area contributed by atoms with Gasteiger partial charge in [-0.25, -0.2) is 4.79 Å². The van der Waals surface area contributed by atoms with Crippen molar-refractivity contribution in [2.75, 3.05) is 26.9 Å². The molecule has 0 aliphatic carbocycles. The Balaban J connectivity index is 0.000000234. The topological polar surface area (TPSA) is 74.2 Å². The van der Waals surface area contributed by atoms with Crippen LogP contribution in [0.2, 0.25) is 10.1 Å². The molecule has 0 bridgehead atoms. The number of phenolic OH excluding ortho intramolecular Hbond substituents is 1. The fourth-order valence-corrected chi connectivity index (χ4v) is 17.4. The SMILES string of the molecule is CC(C)(C)[Si](OCCCc1ccc(O)cc1)(c1ccccc1)c1ccccc1.COC(=O)COc1ccc(CCCO[Si](c2ccccc2)(c2ccccc2)C(C)(C)C)cc1. The van der Waals surface area contributed by atoms with Crippen molar-refractivity contribution >= 4 is 43.4 Å². The fraction of sp³-hybridized carbons (Fsp3) is 0.302. The third-order valence-corrected chi connectivity index (χ3v) is 21.2. The largest absolute Gasteiger partial charge is 0.508 e. The standard InChI is InChI=1S/C28H34O4Si.C25H30O2Si/c1-28(2,3)33(25-13-7-5-8-14-25,26-15-9-6-10-16-26)32-21-11-12-23-17-19-24(20-18-23)31-22-27(29)30-4;1-25(2,3)28(23-12-6-4-7-13-23,24-14-8-5-9-15-24)27-20-10-11-21-16-18-22(26)19-17-21/h5-10,13-20H,11-12,21-22H2,1-4H3;4-9,12-19,26H,10-11,20H2,1-3H3. The maximum Gasteiger partial charge on any atom is 0.343 e. The summed E-state index contributed by atoms with van der Waals surface area (Å²) in [5.74, 6) is 0.583. The lowest BCUT2D eigenvalue weighted by atomic mass is 10.1. The molecule has 0 radical (unpaired) electrons. The van der Waals surface area contributed by atoms with Crippen molar-refractivity contribution in [3.63, 3.8) is 0 Å². The van der Waals surface area contributed by atoms with E-state index in [9.17, 15) is 9.90 Å². The summed E-state index contributed by atoms with van der Waals surface area (Å²) in [6.07, 6.45) is 3.73. The lowest BCUT2D eigenvalue weighted by Gasteiger charge is -2.43. The number of rotatable bonds is 17. The summed E-state index contributed by atoms with van der Waals surface area (Å²) in [5.41, 5.74) is 2.44. The first kappa shape index (κ1) is 46.8. The van der Waals surface area contributed by atoms with Crippen LogP contribution < -0.4 is 25.5 Å². The van der Waals surface area contributed by atoms with Gasteiger partial charge in [0, 0.05) is 13.2 Å². The molecule has 6 aromatic carbocycles. The van der Waals surface area contributed by atoms with E-state index in [1.54, 1.807) is 12.1 Å². The number of hydrogen-bond donors (Lipinski definition) is 1. The van der Waals surface area contributed by atoms with E-state index in [4.69, 9.17) is 13.6 Å². The lowest BCUT2D eigenvalue weighted by molar-refractivity contribution is -0.142. The van der Waals surface area contributed by atoms with Gasteiger partial charge in [0.15, 0.2) is 6.61 Å². The van der Waals surface area contributed by atoms with Gasteiger partial charge in [-0.05, 0) is 91.9 Å². The number of aromatic hydroxyl groups is 1. The van der Waals surface area contributed by atoms with E-state index in [-0.39, 0.29) is 22.7 Å². The summed E-state index contributed by atoms with van der Waals surface area (Å²) in [4.78, 5) is 11.2. The number of esters is 1. The molecule has 0 spiro atoms. The molecule has 320 valence electrons. The first-order valence-electron chi connectivity index (χ1n) is 21.4. The van der Waals surface area contributed by atoms with Crippen molar-refractivity contribution in [3.8, 4) is 11.5 Å². The average Bonchev–Trinajstić information content (AvgIpc) is 3.27. The second-order valence-electron chi connectivity index (χ2n) is 17.4. The predicted octanol–water partition coefficient (Wildman–Crippen LogP) is 9.65. The smallest absolute Gasteiger partial charge is 0.343 e. The zero-order chi connectivity index (χ0) is 43.8. The number of hydrogen-bond acceptors (Lipinski definition) is 6. The van der Waals surface area contributed by atoms with Crippen LogP contribution in [0.25, 0.3) is 0 Å². The molecule has 0 saturated carbocycles. The van der Waals surface area contributed by atoms with Crippen molar-refractivity contribution in [3.05, 3.63) is 181 Å². The highest BCUT2D eigenvalue weighted by molar-refractivity contribution is 7.00. The molecule has 0 atom stereocenters. The molecule has 61 heavy (non-hydrogen) atoms. The van der Waals surface area contributed by atoms with Crippen LogP contribution >= 0.6 is 0 Å². The number of methoxy groups -OCH3 is 1. The number of phenols is 1. The van der Waals surface area contributed by atoms with Crippen LogP contribution in [-0.4, -0.2) is 54.6 Å². The monoisotopic (exact) mass is 852 g/mol. The Hall–Kier alpha value is -5.26. The summed E-state index contributed by atoms with van der Waals surface area (Å²) in [6, 6.07) is 58.3. The van der Waals surface area contributed by atoms with Crippen LogP contribution in [0.1, 0.15) is 65.5 Å². The van der Waals surface area contributed by atoms with Crippen molar-refractivity contribution in [2.24, 2.45) is 0 Å². The number of ether oxygens (including phenoxy) is 2. The van der Waals surface area contributed by atoms with Gasteiger partial charge in [-0.15, -0.1) is 0 Å². The molecule has 0 aromatic heterocycles. The molecule has 0 saturated heterocycles. The second-order valence-corrected chi connectivity index (χ2v) is 26.0. The molecule has 6 nitrogen and oxygen atoms in total. The van der Waals surface area contributed by atoms with Gasteiger partial charge in [0.1, 0.15) is 11.5 Å². The fourth-order valence-electron chi connectivity index (χ4n) is 8.14. The molecule has 0 amide bonds. The van der Waals surface area contributed by atoms with Crippen molar-refractivity contribution in [2.45, 2.75) is 77.3 Å². The normalized spacial score (nSPS) is 11.9. The van der Waals surface area contributed by atoms with Gasteiger partial charge in [-0.2, -0.15) is 0 Å². The van der Waals surface area contributed by atoms with Crippen LogP contribution in [0, 0.1) is 0 Å². The first-order valence-corrected chi connectivity index (χ1v) is 25.2. The van der Waals surface area contributed by atoms with Gasteiger partial charge in [-0.1, -0.05) is 187 Å². The number of carbonyl (C=O) groups is 1. The Morgan fingerprint density at radius 3 is 1.13 bits per heavy atom. The van der Waals surface area contributed by atoms with Crippen LogP contribution in [0.4, 0.5) is 0 Å². The predicted molar refractivity (Wildman–Crippen MR) is 256 cm³/mol. The number of carbonyl (C=O) groups excluding carboxylic acids is 1. The zero-order valence-electron chi connectivity index (χ0n) is 37.1. The highest BCUT2D eigenvalue weighted by Gasteiger charge is 2.51. The molecule has 0 heterocycles. The zero-order valence-corrected chi connectivity index (χ0v) is 39.1. The molecular formula is C53H64O6Si2. The van der Waals surface area contributed by atoms with E-state index in [0.29, 0.717) is 24.7 Å². The maximum absolute atomic E-state index is 11.2. The molecular weight excluding hydrogens is 789 g/mol. The molecule has 6 aromatic rings. The Morgan fingerprint density at radius 1 is 0.492 bits per heavy atom. The minimum atomic E-state index is -2.49. The summed E-state index contributed by atoms with van der Waals surface area (Å²) in [6.45, 7) is 15.1. The lowest BCUT2D eigenvalue weighted by Crippen LogP contribution is -2.66. The van der Waals surface area contributed by atoms with Crippen molar-refractivity contribution in [1.29, 1.82) is 0 Å². The van der Waals surface area contributed by atoms with Crippen molar-refractivity contribution in [1.82, 2.24) is 0 Å². The first-order chi connectivity index (χ1) is 29.3. The van der Waals surface area contributed by atoms with Gasteiger partial charge < -0.3 is 23.4 Å². The quantitative estimate of drug-likeness (QED) is 0.0560. The van der Waals surface area contributed by atoms with Gasteiger partial charge in [0.25, 0.3) is 16.6 Å². The third-order valence-electron chi connectivity index (χ3n) is 11.1. The van der Waals surface area contributed by atoms with Crippen LogP contribution in [0.3, 0.4) is 0 Å². The van der Waals surface area contributed by atoms with Crippen LogP contribution in [0.15, 0.2) is 170 Å². The van der Waals surface area contributed by atoms with Crippen molar-refractivity contribution < 1.29 is 28.2 Å². The molecule has 0 fully saturated rings. The summed E-state index contributed by atoms with van der Waals surface area (Å²) < 4.78 is 23.9. The van der Waals surface area contributed by atoms with E-state index >= 15 is 0 Å². The summed E-state index contributed by atoms with van der Waals surface area (Å²) in [7, 11) is -3.57.